The van der Waals surface area contributed by atoms with Gasteiger partial charge in [-0.05, 0) is 27.2 Å². The number of aromatic nitrogens is 2. The molecule has 7 nitrogen and oxygen atoms in total. The van der Waals surface area contributed by atoms with Gasteiger partial charge in [-0.2, -0.15) is 5.10 Å². The fraction of sp³-hybridized carbons (Fsp3) is 0.722. The average Bonchev–Trinajstić information content (AvgIpc) is 2.78. The molecule has 0 aliphatic carbocycles. The first-order chi connectivity index (χ1) is 11.5. The Bertz CT molecular complexity index is 689. The minimum Gasteiger partial charge on any atom is -0.444 e. The molecule has 2 aliphatic heterocycles. The molecule has 0 saturated carbocycles. The maximum Gasteiger partial charge on any atom is 0.410 e. The van der Waals surface area contributed by atoms with Crippen LogP contribution < -0.4 is 0 Å². The van der Waals surface area contributed by atoms with Crippen LogP contribution >= 0.6 is 0 Å². The zero-order valence-electron chi connectivity index (χ0n) is 15.9. The van der Waals surface area contributed by atoms with Crippen LogP contribution in [0, 0.1) is 5.41 Å². The summed E-state index contributed by atoms with van der Waals surface area (Å²) >= 11 is 0. The van der Waals surface area contributed by atoms with E-state index in [2.05, 4.69) is 18.9 Å². The summed E-state index contributed by atoms with van der Waals surface area (Å²) in [5.41, 5.74) is 0.478. The van der Waals surface area contributed by atoms with Gasteiger partial charge in [0.05, 0.1) is 12.2 Å². The molecule has 2 amide bonds. The Morgan fingerprint density at radius 2 is 1.96 bits per heavy atom. The molecule has 0 spiro atoms. The van der Waals surface area contributed by atoms with E-state index in [4.69, 9.17) is 4.74 Å². The molecule has 0 radical (unpaired) electrons. The Morgan fingerprint density at radius 1 is 1.28 bits per heavy atom. The monoisotopic (exact) mass is 348 g/mol. The highest BCUT2D eigenvalue weighted by atomic mass is 16.6. The third-order valence-electron chi connectivity index (χ3n) is 4.89. The minimum absolute atomic E-state index is 0.000805. The van der Waals surface area contributed by atoms with Crippen LogP contribution in [-0.2, 0) is 16.6 Å². The maximum atomic E-state index is 13.0. The van der Waals surface area contributed by atoms with Crippen molar-refractivity contribution in [3.05, 3.63) is 18.0 Å². The topological polar surface area (TPSA) is 67.7 Å². The van der Waals surface area contributed by atoms with Crippen LogP contribution in [0.5, 0.6) is 0 Å². The van der Waals surface area contributed by atoms with Crippen LogP contribution in [-0.4, -0.2) is 56.3 Å². The van der Waals surface area contributed by atoms with Crippen LogP contribution in [0.2, 0.25) is 0 Å². The van der Waals surface area contributed by atoms with Crippen LogP contribution in [0.1, 0.15) is 52.6 Å². The number of aryl methyl sites for hydroxylation is 1. The molecular weight excluding hydrogens is 320 g/mol. The van der Waals surface area contributed by atoms with Gasteiger partial charge in [0.25, 0.3) is 0 Å². The van der Waals surface area contributed by atoms with Crippen molar-refractivity contribution in [1.82, 2.24) is 19.6 Å². The number of nitrogens with zero attached hydrogens (tertiary/aromatic N) is 4. The lowest BCUT2D eigenvalue weighted by Crippen LogP contribution is -2.66. The second kappa shape index (κ2) is 5.75. The summed E-state index contributed by atoms with van der Waals surface area (Å²) in [6.45, 7) is 11.1. The number of hydrogen-bond donors (Lipinski definition) is 0. The first-order valence-corrected chi connectivity index (χ1v) is 8.78. The second-order valence-corrected chi connectivity index (χ2v) is 8.78. The Hall–Kier alpha value is -2.05. The predicted octanol–water partition coefficient (Wildman–Crippen LogP) is 2.34. The van der Waals surface area contributed by atoms with Gasteiger partial charge in [-0.25, -0.2) is 4.79 Å². The molecule has 1 aromatic heterocycles. The number of hydrogen-bond acceptors (Lipinski definition) is 4. The highest BCUT2D eigenvalue weighted by Crippen LogP contribution is 2.49. The highest BCUT2D eigenvalue weighted by Gasteiger charge is 2.53. The van der Waals surface area contributed by atoms with Crippen molar-refractivity contribution < 1.29 is 14.3 Å². The summed E-state index contributed by atoms with van der Waals surface area (Å²) in [7, 11) is 1.87. The maximum absolute atomic E-state index is 13.0. The molecule has 3 rings (SSSR count). The van der Waals surface area contributed by atoms with E-state index in [1.165, 1.54) is 0 Å². The fourth-order valence-electron chi connectivity index (χ4n) is 3.72. The molecule has 138 valence electrons. The van der Waals surface area contributed by atoms with Crippen LogP contribution in [0.25, 0.3) is 0 Å². The molecule has 3 heterocycles. The van der Waals surface area contributed by atoms with E-state index in [0.29, 0.717) is 19.5 Å². The van der Waals surface area contributed by atoms with Gasteiger partial charge in [0.1, 0.15) is 11.6 Å². The van der Waals surface area contributed by atoms with Gasteiger partial charge >= 0.3 is 6.09 Å². The second-order valence-electron chi connectivity index (χ2n) is 8.78. The van der Waals surface area contributed by atoms with Gasteiger partial charge in [-0.1, -0.05) is 13.8 Å². The van der Waals surface area contributed by atoms with Gasteiger partial charge < -0.3 is 9.64 Å². The molecule has 25 heavy (non-hydrogen) atoms. The summed E-state index contributed by atoms with van der Waals surface area (Å²) in [6.07, 6.45) is 4.06. The number of likely N-dealkylation sites (tertiary alicyclic amines) is 2. The van der Waals surface area contributed by atoms with Crippen LogP contribution in [0.4, 0.5) is 4.79 Å². The first-order valence-electron chi connectivity index (χ1n) is 8.78. The zero-order valence-corrected chi connectivity index (χ0v) is 15.9. The molecule has 2 aliphatic rings. The Morgan fingerprint density at radius 3 is 2.40 bits per heavy atom. The standard InChI is InChI=1S/C18H28N4O3/c1-17(2,3)25-16(24)21-8-7-13(21)15(23)22-11-18(4,5)14(22)12-9-19-20(6)10-12/h9-10,13-14H,7-8,11H2,1-6H3/t13-,14?/m1/s1. The number of carbonyl (C=O) groups is 2. The van der Waals surface area contributed by atoms with E-state index < -0.39 is 17.7 Å². The first kappa shape index (κ1) is 17.8. The summed E-state index contributed by atoms with van der Waals surface area (Å²) in [4.78, 5) is 28.7. The molecular formula is C18H28N4O3. The molecule has 1 aromatic rings. The fourth-order valence-corrected chi connectivity index (χ4v) is 3.72. The van der Waals surface area contributed by atoms with Crippen molar-refractivity contribution in [2.45, 2.75) is 58.7 Å². The van der Waals surface area contributed by atoms with E-state index in [-0.39, 0.29) is 17.4 Å². The van der Waals surface area contributed by atoms with Crippen molar-refractivity contribution in [3.8, 4) is 0 Å². The average molecular weight is 348 g/mol. The summed E-state index contributed by atoms with van der Waals surface area (Å²) in [5, 5.41) is 4.24. The van der Waals surface area contributed by atoms with Gasteiger partial charge in [0.15, 0.2) is 0 Å². The van der Waals surface area contributed by atoms with Gasteiger partial charge in [0.2, 0.25) is 5.91 Å². The summed E-state index contributed by atoms with van der Waals surface area (Å²) < 4.78 is 7.16. The molecule has 7 heteroatoms. The predicted molar refractivity (Wildman–Crippen MR) is 92.8 cm³/mol. The Kier molecular flexibility index (Phi) is 4.08. The minimum atomic E-state index is -0.558. The SMILES string of the molecule is Cn1cc(C2N(C(=O)[C@H]3CCN3C(=O)OC(C)(C)C)CC2(C)C)cn1. The number of carbonyl (C=O) groups excluding carboxylic acids is 2. The number of ether oxygens (including phenoxy) is 1. The lowest BCUT2D eigenvalue weighted by atomic mass is 9.71. The van der Waals surface area contributed by atoms with Crippen molar-refractivity contribution in [1.29, 1.82) is 0 Å². The summed E-state index contributed by atoms with van der Waals surface area (Å²) in [5.74, 6) is 0.00490. The van der Waals surface area contributed by atoms with E-state index >= 15 is 0 Å². The van der Waals surface area contributed by atoms with Gasteiger partial charge in [-0.3, -0.25) is 14.4 Å². The van der Waals surface area contributed by atoms with Crippen molar-refractivity contribution >= 4 is 12.0 Å². The summed E-state index contributed by atoms with van der Waals surface area (Å²) in [6, 6.07) is -0.417. The van der Waals surface area contributed by atoms with Crippen LogP contribution in [0.3, 0.4) is 0 Å². The van der Waals surface area contributed by atoms with Gasteiger partial charge in [-0.15, -0.1) is 0 Å². The normalized spacial score (nSPS) is 25.2. The smallest absolute Gasteiger partial charge is 0.410 e. The van der Waals surface area contributed by atoms with Crippen molar-refractivity contribution in [3.63, 3.8) is 0 Å². The molecule has 2 fully saturated rings. The zero-order chi connectivity index (χ0) is 18.6. The van der Waals surface area contributed by atoms with E-state index in [9.17, 15) is 9.59 Å². The lowest BCUT2D eigenvalue weighted by Gasteiger charge is -2.56. The Labute approximate surface area is 148 Å². The molecule has 1 unspecified atom stereocenters. The largest absolute Gasteiger partial charge is 0.444 e. The lowest BCUT2D eigenvalue weighted by molar-refractivity contribution is -0.162. The third-order valence-corrected chi connectivity index (χ3v) is 4.89. The van der Waals surface area contributed by atoms with Crippen molar-refractivity contribution in [2.24, 2.45) is 12.5 Å². The van der Waals surface area contributed by atoms with Crippen molar-refractivity contribution in [2.75, 3.05) is 13.1 Å². The Balaban J connectivity index is 1.71. The quantitative estimate of drug-likeness (QED) is 0.823. The number of amides is 2. The van der Waals surface area contributed by atoms with E-state index in [0.717, 1.165) is 5.56 Å². The van der Waals surface area contributed by atoms with E-state index in [1.807, 2.05) is 45.1 Å². The molecule has 0 bridgehead atoms. The van der Waals surface area contributed by atoms with Gasteiger partial charge in [0, 0.05) is 37.3 Å². The molecule has 2 saturated heterocycles. The highest BCUT2D eigenvalue weighted by molar-refractivity contribution is 5.88. The molecule has 2 atom stereocenters. The number of rotatable bonds is 2. The van der Waals surface area contributed by atoms with Crippen LogP contribution in [0.15, 0.2) is 12.4 Å². The molecule has 0 aromatic carbocycles. The molecule has 0 N–H and O–H groups in total. The van der Waals surface area contributed by atoms with E-state index in [1.54, 1.807) is 9.58 Å². The third kappa shape index (κ3) is 3.24.